The van der Waals surface area contributed by atoms with Gasteiger partial charge in [0.25, 0.3) is 0 Å². The van der Waals surface area contributed by atoms with E-state index < -0.39 is 0 Å². The number of ether oxygens (including phenoxy) is 3. The molecule has 0 bridgehead atoms. The fourth-order valence-corrected chi connectivity index (χ4v) is 3.27. The Morgan fingerprint density at radius 1 is 1.05 bits per heavy atom. The lowest BCUT2D eigenvalue weighted by Crippen LogP contribution is -2.41. The molecule has 1 aromatic rings. The van der Waals surface area contributed by atoms with Gasteiger partial charge in [0.05, 0.1) is 14.2 Å². The molecule has 3 nitrogen and oxygen atoms in total. The molecule has 1 heterocycles. The lowest BCUT2D eigenvalue weighted by Gasteiger charge is -2.43. The van der Waals surface area contributed by atoms with Gasteiger partial charge in [0, 0.05) is 5.56 Å². The topological polar surface area (TPSA) is 27.7 Å². The first-order valence-electron chi connectivity index (χ1n) is 6.67. The zero-order chi connectivity index (χ0) is 14.4. The fraction of sp³-hybridized carbons (Fsp3) is 0.625. The number of methoxy groups -OCH3 is 2. The molecule has 1 aliphatic heterocycles. The van der Waals surface area contributed by atoms with Crippen LogP contribution < -0.4 is 14.2 Å². The molecular weight excluding hydrogens is 240 g/mol. The molecule has 0 spiro atoms. The summed E-state index contributed by atoms with van der Waals surface area (Å²) in [5, 5.41) is 0. The van der Waals surface area contributed by atoms with Crippen LogP contribution in [0.15, 0.2) is 6.07 Å². The highest BCUT2D eigenvalue weighted by Gasteiger charge is 2.41. The molecule has 0 fully saturated rings. The number of rotatable bonds is 2. The number of hydrogen-bond acceptors (Lipinski definition) is 3. The monoisotopic (exact) mass is 264 g/mol. The Hall–Kier alpha value is -1.38. The van der Waals surface area contributed by atoms with Crippen molar-refractivity contribution in [2.45, 2.75) is 52.1 Å². The molecule has 2 rings (SSSR count). The number of benzene rings is 1. The van der Waals surface area contributed by atoms with Crippen LogP contribution in [0.25, 0.3) is 0 Å². The van der Waals surface area contributed by atoms with E-state index in [1.807, 2.05) is 6.92 Å². The first kappa shape index (κ1) is 14.0. The summed E-state index contributed by atoms with van der Waals surface area (Å²) in [5.41, 5.74) is 2.13. The van der Waals surface area contributed by atoms with Crippen LogP contribution >= 0.6 is 0 Å². The summed E-state index contributed by atoms with van der Waals surface area (Å²) in [6, 6.07) is 2.16. The molecule has 0 amide bonds. The van der Waals surface area contributed by atoms with Gasteiger partial charge in [-0.1, -0.05) is 13.8 Å². The van der Waals surface area contributed by atoms with E-state index >= 15 is 0 Å². The first-order valence-corrected chi connectivity index (χ1v) is 6.67. The maximum atomic E-state index is 6.17. The van der Waals surface area contributed by atoms with Gasteiger partial charge in [0.1, 0.15) is 5.60 Å². The molecule has 3 heteroatoms. The molecule has 0 saturated heterocycles. The standard InChI is InChI=1S/C16H24O3/c1-10-8-11-13(14(18-7)12(10)17-6)19-16(4,5)9-15(11,2)3/h8H,9H2,1-7H3. The Balaban J connectivity index is 2.73. The van der Waals surface area contributed by atoms with Crippen molar-refractivity contribution in [1.82, 2.24) is 0 Å². The van der Waals surface area contributed by atoms with E-state index in [1.165, 1.54) is 5.56 Å². The lowest BCUT2D eigenvalue weighted by atomic mass is 9.73. The van der Waals surface area contributed by atoms with Crippen LogP contribution in [0, 0.1) is 6.92 Å². The molecule has 0 radical (unpaired) electrons. The molecule has 106 valence electrons. The zero-order valence-corrected chi connectivity index (χ0v) is 13.0. The van der Waals surface area contributed by atoms with Crippen LogP contribution in [-0.2, 0) is 5.41 Å². The van der Waals surface area contributed by atoms with Gasteiger partial charge in [-0.3, -0.25) is 0 Å². The number of aryl methyl sites for hydroxylation is 1. The van der Waals surface area contributed by atoms with Gasteiger partial charge in [0.15, 0.2) is 11.5 Å². The second-order valence-electron chi connectivity index (χ2n) is 6.56. The molecule has 0 saturated carbocycles. The molecule has 1 aromatic carbocycles. The second kappa shape index (κ2) is 4.32. The minimum absolute atomic E-state index is 0.0569. The predicted molar refractivity (Wildman–Crippen MR) is 76.6 cm³/mol. The normalized spacial score (nSPS) is 19.3. The van der Waals surface area contributed by atoms with E-state index in [2.05, 4.69) is 33.8 Å². The van der Waals surface area contributed by atoms with Crippen LogP contribution in [0.4, 0.5) is 0 Å². The molecular formula is C16H24O3. The Labute approximate surface area is 115 Å². The van der Waals surface area contributed by atoms with Crippen molar-refractivity contribution >= 4 is 0 Å². The Bertz CT molecular complexity index is 501. The first-order chi connectivity index (χ1) is 8.72. The van der Waals surface area contributed by atoms with Gasteiger partial charge in [-0.2, -0.15) is 0 Å². The van der Waals surface area contributed by atoms with E-state index in [4.69, 9.17) is 14.2 Å². The van der Waals surface area contributed by atoms with Crippen molar-refractivity contribution in [3.8, 4) is 17.2 Å². The van der Waals surface area contributed by atoms with Gasteiger partial charge in [-0.25, -0.2) is 0 Å². The van der Waals surface area contributed by atoms with Crippen LogP contribution in [0.1, 0.15) is 45.2 Å². The van der Waals surface area contributed by atoms with Crippen molar-refractivity contribution in [2.24, 2.45) is 0 Å². The van der Waals surface area contributed by atoms with Crippen molar-refractivity contribution in [2.75, 3.05) is 14.2 Å². The fourth-order valence-electron chi connectivity index (χ4n) is 3.27. The molecule has 0 unspecified atom stereocenters. The van der Waals surface area contributed by atoms with Gasteiger partial charge in [0.2, 0.25) is 5.75 Å². The Morgan fingerprint density at radius 2 is 1.63 bits per heavy atom. The van der Waals surface area contributed by atoms with Crippen LogP contribution in [-0.4, -0.2) is 19.8 Å². The van der Waals surface area contributed by atoms with Crippen LogP contribution in [0.3, 0.4) is 0 Å². The molecule has 0 aromatic heterocycles. The number of hydrogen-bond donors (Lipinski definition) is 0. The highest BCUT2D eigenvalue weighted by Crippen LogP contribution is 2.52. The summed E-state index contributed by atoms with van der Waals surface area (Å²) in [6.45, 7) is 10.8. The van der Waals surface area contributed by atoms with Crippen molar-refractivity contribution in [3.05, 3.63) is 17.2 Å². The van der Waals surface area contributed by atoms with Crippen molar-refractivity contribution in [1.29, 1.82) is 0 Å². The van der Waals surface area contributed by atoms with Gasteiger partial charge in [-0.15, -0.1) is 0 Å². The van der Waals surface area contributed by atoms with E-state index in [-0.39, 0.29) is 11.0 Å². The average Bonchev–Trinajstić information content (AvgIpc) is 2.26. The Kier molecular flexibility index (Phi) is 3.20. The Morgan fingerprint density at radius 3 is 2.16 bits per heavy atom. The van der Waals surface area contributed by atoms with Gasteiger partial charge >= 0.3 is 0 Å². The molecule has 19 heavy (non-hydrogen) atoms. The summed E-state index contributed by atoms with van der Waals surface area (Å²) in [5.74, 6) is 2.29. The van der Waals surface area contributed by atoms with Crippen molar-refractivity contribution in [3.63, 3.8) is 0 Å². The minimum Gasteiger partial charge on any atom is -0.492 e. The van der Waals surface area contributed by atoms with Crippen LogP contribution in [0.2, 0.25) is 0 Å². The van der Waals surface area contributed by atoms with E-state index in [9.17, 15) is 0 Å². The summed E-state index contributed by atoms with van der Waals surface area (Å²) in [4.78, 5) is 0. The summed E-state index contributed by atoms with van der Waals surface area (Å²) in [7, 11) is 3.33. The van der Waals surface area contributed by atoms with Gasteiger partial charge < -0.3 is 14.2 Å². The third-order valence-corrected chi connectivity index (χ3v) is 3.76. The SMILES string of the molecule is COc1c(C)cc2c(c1OC)OC(C)(C)CC2(C)C. The van der Waals surface area contributed by atoms with E-state index in [0.717, 1.165) is 23.5 Å². The third-order valence-electron chi connectivity index (χ3n) is 3.76. The molecule has 1 aliphatic rings. The maximum Gasteiger partial charge on any atom is 0.203 e. The van der Waals surface area contributed by atoms with E-state index in [1.54, 1.807) is 14.2 Å². The highest BCUT2D eigenvalue weighted by molar-refractivity contribution is 5.62. The van der Waals surface area contributed by atoms with E-state index in [0.29, 0.717) is 5.75 Å². The zero-order valence-electron chi connectivity index (χ0n) is 13.0. The van der Waals surface area contributed by atoms with Crippen LogP contribution in [0.5, 0.6) is 17.2 Å². The maximum absolute atomic E-state index is 6.17. The lowest BCUT2D eigenvalue weighted by molar-refractivity contribution is 0.0493. The molecule has 0 atom stereocenters. The predicted octanol–water partition coefficient (Wildman–Crippen LogP) is 3.85. The largest absolute Gasteiger partial charge is 0.492 e. The smallest absolute Gasteiger partial charge is 0.203 e. The summed E-state index contributed by atoms with van der Waals surface area (Å²) >= 11 is 0. The molecule has 0 aliphatic carbocycles. The quantitative estimate of drug-likeness (QED) is 0.812. The number of fused-ring (bicyclic) bond motifs is 1. The average molecular weight is 264 g/mol. The summed E-state index contributed by atoms with van der Waals surface area (Å²) < 4.78 is 17.2. The van der Waals surface area contributed by atoms with Crippen molar-refractivity contribution < 1.29 is 14.2 Å². The highest BCUT2D eigenvalue weighted by atomic mass is 16.5. The third kappa shape index (κ3) is 2.26. The van der Waals surface area contributed by atoms with Gasteiger partial charge in [-0.05, 0) is 44.2 Å². The minimum atomic E-state index is -0.204. The molecule has 0 N–H and O–H groups in total. The summed E-state index contributed by atoms with van der Waals surface area (Å²) in [6.07, 6.45) is 0.974. The second-order valence-corrected chi connectivity index (χ2v) is 6.56.